The minimum atomic E-state index is 0.545. The van der Waals surface area contributed by atoms with Crippen LogP contribution in [0.4, 0.5) is 0 Å². The van der Waals surface area contributed by atoms with Crippen LogP contribution in [0.15, 0.2) is 15.7 Å². The van der Waals surface area contributed by atoms with E-state index in [-0.39, 0.29) is 0 Å². The first-order chi connectivity index (χ1) is 3.30. The van der Waals surface area contributed by atoms with Crippen molar-refractivity contribution in [2.24, 2.45) is 0 Å². The van der Waals surface area contributed by atoms with Gasteiger partial charge in [-0.05, 0) is 0 Å². The summed E-state index contributed by atoms with van der Waals surface area (Å²) < 4.78 is 5.08. The van der Waals surface area contributed by atoms with E-state index in [0.717, 1.165) is 0 Å². The normalized spacial score (nSPS) is 9.29. The molecule has 0 unspecified atom stereocenters. The summed E-state index contributed by atoms with van der Waals surface area (Å²) in [6.07, 6.45) is 1.45. The van der Waals surface area contributed by atoms with Crippen molar-refractivity contribution in [3.63, 3.8) is 0 Å². The maximum absolute atomic E-state index is 4.66. The van der Waals surface area contributed by atoms with Gasteiger partial charge >= 0.3 is 0 Å². The van der Waals surface area contributed by atoms with Crippen LogP contribution in [0.5, 0.6) is 0 Å². The summed E-state index contributed by atoms with van der Waals surface area (Å²) in [7, 11) is 0. The van der Waals surface area contributed by atoms with Crippen LogP contribution in [-0.4, -0.2) is 5.16 Å². The largest absolute Gasteiger partial charge is 0.388 e. The van der Waals surface area contributed by atoms with E-state index < -0.39 is 0 Å². The molecule has 0 spiro atoms. The lowest BCUT2D eigenvalue weighted by molar-refractivity contribution is 0.416. The summed E-state index contributed by atoms with van der Waals surface area (Å²) in [6.45, 7) is 0. The van der Waals surface area contributed by atoms with Crippen molar-refractivity contribution in [1.82, 2.24) is 5.16 Å². The zero-order valence-electron chi connectivity index (χ0n) is 3.34. The number of thiol groups is 1. The van der Waals surface area contributed by atoms with Gasteiger partial charge in [-0.1, -0.05) is 12.2 Å². The Morgan fingerprint density at radius 3 is 2.71 bits per heavy atom. The molecule has 1 rings (SSSR count). The van der Waals surface area contributed by atoms with Crippen molar-refractivity contribution in [2.75, 3.05) is 0 Å². The highest BCUT2D eigenvalue weighted by atomic mass is 32.1. The van der Waals surface area contributed by atoms with Crippen molar-refractivity contribution < 1.29 is 4.52 Å². The van der Waals surface area contributed by atoms with Gasteiger partial charge in [0.2, 0.25) is 0 Å². The Balaban J connectivity index is 3.39. The van der Waals surface area contributed by atoms with E-state index in [1.807, 2.05) is 0 Å². The fourth-order valence-corrected chi connectivity index (χ4v) is 0.439. The van der Waals surface area contributed by atoms with Crippen molar-refractivity contribution in [1.29, 1.82) is 0 Å². The lowest BCUT2D eigenvalue weighted by Gasteiger charge is -1.63. The third-order valence-corrected chi connectivity index (χ3v) is 1.34. The highest BCUT2D eigenvalue weighted by Gasteiger charge is 1.85. The van der Waals surface area contributed by atoms with E-state index in [1.165, 1.54) is 6.26 Å². The van der Waals surface area contributed by atoms with E-state index in [2.05, 4.69) is 34.5 Å². The number of hydrogen-bond acceptors (Lipinski definition) is 3. The SMILES string of the molecule is S=c1[nH]occ1S. The van der Waals surface area contributed by atoms with Gasteiger partial charge < -0.3 is 4.52 Å². The van der Waals surface area contributed by atoms with Crippen LogP contribution in [0.3, 0.4) is 0 Å². The molecule has 0 atom stereocenters. The zero-order valence-corrected chi connectivity index (χ0v) is 5.05. The van der Waals surface area contributed by atoms with Gasteiger partial charge in [-0.3, -0.25) is 0 Å². The van der Waals surface area contributed by atoms with Crippen LogP contribution in [0, 0.1) is 4.64 Å². The van der Waals surface area contributed by atoms with Gasteiger partial charge in [0.15, 0.2) is 4.64 Å². The van der Waals surface area contributed by atoms with Crippen molar-refractivity contribution in [3.05, 3.63) is 10.9 Å². The molecule has 7 heavy (non-hydrogen) atoms. The smallest absolute Gasteiger partial charge is 0.151 e. The second-order valence-electron chi connectivity index (χ2n) is 1.05. The molecule has 0 bridgehead atoms. The van der Waals surface area contributed by atoms with Crippen LogP contribution in [0.1, 0.15) is 0 Å². The molecule has 0 aliphatic rings. The fourth-order valence-electron chi connectivity index (χ4n) is 0.245. The van der Waals surface area contributed by atoms with E-state index in [4.69, 9.17) is 0 Å². The molecular weight excluding hydrogens is 130 g/mol. The molecule has 0 amide bonds. The molecule has 1 heterocycles. The quantitative estimate of drug-likeness (QED) is 0.416. The Morgan fingerprint density at radius 1 is 1.86 bits per heavy atom. The van der Waals surface area contributed by atoms with Crippen LogP contribution in [-0.2, 0) is 0 Å². The van der Waals surface area contributed by atoms with E-state index in [0.29, 0.717) is 9.54 Å². The van der Waals surface area contributed by atoms with Gasteiger partial charge in [0, 0.05) is 0 Å². The Morgan fingerprint density at radius 2 is 2.57 bits per heavy atom. The molecular formula is C3H3NOS2. The summed E-state index contributed by atoms with van der Waals surface area (Å²) in [5.74, 6) is 0. The first kappa shape index (κ1) is 4.93. The molecule has 1 aromatic heterocycles. The van der Waals surface area contributed by atoms with Gasteiger partial charge in [0.05, 0.1) is 4.90 Å². The highest BCUT2D eigenvalue weighted by molar-refractivity contribution is 7.81. The number of hydrogen-bond donors (Lipinski definition) is 2. The number of nitrogens with one attached hydrogen (secondary N) is 1. The Labute approximate surface area is 50.9 Å². The standard InChI is InChI=1S/C3H3NOS2/c6-2-1-5-4-3(2)7/h1,6H,(H,4,7). The lowest BCUT2D eigenvalue weighted by Crippen LogP contribution is -1.53. The topological polar surface area (TPSA) is 28.9 Å². The summed E-state index contributed by atoms with van der Waals surface area (Å²) in [5, 5.41) is 2.43. The molecule has 2 nitrogen and oxygen atoms in total. The third kappa shape index (κ3) is 0.863. The van der Waals surface area contributed by atoms with Crippen molar-refractivity contribution >= 4 is 24.8 Å². The monoisotopic (exact) mass is 133 g/mol. The van der Waals surface area contributed by atoms with Crippen LogP contribution in [0.2, 0.25) is 0 Å². The molecule has 0 radical (unpaired) electrons. The summed E-state index contributed by atoms with van der Waals surface area (Å²) in [6, 6.07) is 0. The summed E-state index contributed by atoms with van der Waals surface area (Å²) >= 11 is 8.58. The number of rotatable bonds is 0. The van der Waals surface area contributed by atoms with Gasteiger partial charge in [0.25, 0.3) is 0 Å². The molecule has 0 fully saturated rings. The van der Waals surface area contributed by atoms with E-state index in [9.17, 15) is 0 Å². The van der Waals surface area contributed by atoms with Crippen LogP contribution in [0.25, 0.3) is 0 Å². The lowest BCUT2D eigenvalue weighted by atomic mass is 10.8. The molecule has 38 valence electrons. The third-order valence-electron chi connectivity index (χ3n) is 0.555. The Kier molecular flexibility index (Phi) is 1.21. The zero-order chi connectivity index (χ0) is 5.28. The number of aromatic nitrogens is 1. The predicted molar refractivity (Wildman–Crippen MR) is 31.1 cm³/mol. The average molecular weight is 133 g/mol. The fraction of sp³-hybridized carbons (Fsp3) is 0. The van der Waals surface area contributed by atoms with E-state index in [1.54, 1.807) is 0 Å². The van der Waals surface area contributed by atoms with E-state index >= 15 is 0 Å². The van der Waals surface area contributed by atoms with Gasteiger partial charge in [-0.2, -0.15) is 0 Å². The van der Waals surface area contributed by atoms with Gasteiger partial charge in [0.1, 0.15) is 6.26 Å². The number of aromatic amines is 1. The van der Waals surface area contributed by atoms with Crippen LogP contribution >= 0.6 is 24.8 Å². The Bertz CT molecular complexity index is 201. The molecule has 1 N–H and O–H groups in total. The first-order valence-corrected chi connectivity index (χ1v) is 2.51. The highest BCUT2D eigenvalue weighted by Crippen LogP contribution is 2.03. The molecule has 0 aliphatic carbocycles. The minimum absolute atomic E-state index is 0.545. The summed E-state index contributed by atoms with van der Waals surface area (Å²) in [5.41, 5.74) is 0. The number of H-pyrrole nitrogens is 1. The molecule has 4 heteroatoms. The van der Waals surface area contributed by atoms with Gasteiger partial charge in [-0.15, -0.1) is 12.6 Å². The van der Waals surface area contributed by atoms with Crippen LogP contribution < -0.4 is 0 Å². The van der Waals surface area contributed by atoms with Crippen molar-refractivity contribution in [3.8, 4) is 0 Å². The average Bonchev–Trinajstić information content (AvgIpc) is 1.91. The maximum atomic E-state index is 4.66. The maximum Gasteiger partial charge on any atom is 0.151 e. The molecule has 0 aliphatic heterocycles. The van der Waals surface area contributed by atoms with Crippen molar-refractivity contribution in [2.45, 2.75) is 4.90 Å². The molecule has 0 saturated heterocycles. The second kappa shape index (κ2) is 1.71. The molecule has 1 aromatic rings. The summed E-state index contributed by atoms with van der Waals surface area (Å²) in [4.78, 5) is 0.676. The second-order valence-corrected chi connectivity index (χ2v) is 1.94. The first-order valence-electron chi connectivity index (χ1n) is 1.66. The predicted octanol–water partition coefficient (Wildman–Crippen LogP) is 1.63. The molecule has 0 aromatic carbocycles. The van der Waals surface area contributed by atoms with Gasteiger partial charge in [-0.25, -0.2) is 5.16 Å². The minimum Gasteiger partial charge on any atom is -0.388 e. The molecule has 0 saturated carbocycles. The Hall–Kier alpha value is -0.220.